The third kappa shape index (κ3) is 2.08. The normalized spacial score (nSPS) is 9.23. The van der Waals surface area contributed by atoms with Crippen molar-refractivity contribution in [3.8, 4) is 17.0 Å². The SMILES string of the molecule is Oc1ccc(-c2c[nH]nn2)cc1.[Cu]. The van der Waals surface area contributed by atoms with Crippen molar-refractivity contribution >= 4 is 0 Å². The second kappa shape index (κ2) is 4.07. The minimum atomic E-state index is 0. The molecule has 1 aromatic heterocycles. The predicted octanol–water partition coefficient (Wildman–Crippen LogP) is 1.17. The van der Waals surface area contributed by atoms with Crippen molar-refractivity contribution in [2.24, 2.45) is 0 Å². The predicted molar refractivity (Wildman–Crippen MR) is 43.5 cm³/mol. The molecule has 0 fully saturated rings. The minimum absolute atomic E-state index is 0. The maximum atomic E-state index is 9.01. The molecule has 2 aromatic rings. The van der Waals surface area contributed by atoms with E-state index >= 15 is 0 Å². The molecule has 0 aliphatic rings. The van der Waals surface area contributed by atoms with Crippen LogP contribution in [-0.4, -0.2) is 20.5 Å². The molecule has 2 rings (SSSR count). The molecule has 0 aliphatic carbocycles. The fourth-order valence-electron chi connectivity index (χ4n) is 0.975. The number of H-pyrrole nitrogens is 1. The number of nitrogens with zero attached hydrogens (tertiary/aromatic N) is 2. The van der Waals surface area contributed by atoms with E-state index in [1.807, 2.05) is 0 Å². The molecule has 2 N–H and O–H groups in total. The van der Waals surface area contributed by atoms with Gasteiger partial charge in [-0.1, -0.05) is 5.21 Å². The number of phenolic OH excluding ortho intramolecular Hbond substituents is 1. The van der Waals surface area contributed by atoms with Crippen molar-refractivity contribution < 1.29 is 22.2 Å². The molecule has 0 atom stereocenters. The molecular formula is C8H7CuN3O. The van der Waals surface area contributed by atoms with Gasteiger partial charge >= 0.3 is 0 Å². The monoisotopic (exact) mass is 224 g/mol. The third-order valence-electron chi connectivity index (χ3n) is 1.58. The quantitative estimate of drug-likeness (QED) is 0.715. The van der Waals surface area contributed by atoms with Crippen molar-refractivity contribution in [3.05, 3.63) is 30.5 Å². The summed E-state index contributed by atoms with van der Waals surface area (Å²) in [4.78, 5) is 0. The number of aromatic hydroxyl groups is 1. The molecule has 1 heterocycles. The van der Waals surface area contributed by atoms with Gasteiger partial charge in [0.25, 0.3) is 0 Å². The Labute approximate surface area is 85.5 Å². The number of nitrogens with one attached hydrogen (secondary N) is 1. The molecule has 5 heteroatoms. The van der Waals surface area contributed by atoms with Gasteiger partial charge in [0.05, 0.1) is 0 Å². The standard InChI is InChI=1S/C8H7N3O.Cu/c12-7-3-1-6(2-4-7)8-5-9-11-10-8;/h1-5,12H,(H,9,10,11);. The van der Waals surface area contributed by atoms with Crippen LogP contribution in [0.15, 0.2) is 30.5 Å². The third-order valence-corrected chi connectivity index (χ3v) is 1.58. The Morgan fingerprint density at radius 3 is 2.38 bits per heavy atom. The Morgan fingerprint density at radius 2 is 1.85 bits per heavy atom. The van der Waals surface area contributed by atoms with E-state index in [0.29, 0.717) is 0 Å². The Hall–Kier alpha value is -1.32. The van der Waals surface area contributed by atoms with Gasteiger partial charge in [-0.3, -0.25) is 5.10 Å². The Morgan fingerprint density at radius 1 is 1.15 bits per heavy atom. The molecule has 0 spiro atoms. The zero-order chi connectivity index (χ0) is 8.39. The van der Waals surface area contributed by atoms with Gasteiger partial charge < -0.3 is 5.11 Å². The molecular weight excluding hydrogens is 218 g/mol. The summed E-state index contributed by atoms with van der Waals surface area (Å²) in [5.41, 5.74) is 1.71. The van der Waals surface area contributed by atoms with Gasteiger partial charge in [-0.05, 0) is 24.3 Å². The van der Waals surface area contributed by atoms with E-state index in [4.69, 9.17) is 5.11 Å². The Balaban J connectivity index is 0.000000845. The molecule has 1 radical (unpaired) electrons. The zero-order valence-corrected chi connectivity index (χ0v) is 7.47. The first-order valence-electron chi connectivity index (χ1n) is 3.52. The molecule has 0 amide bonds. The van der Waals surface area contributed by atoms with Gasteiger partial charge in [-0.15, -0.1) is 5.10 Å². The number of aromatic amines is 1. The summed E-state index contributed by atoms with van der Waals surface area (Å²) in [6, 6.07) is 6.80. The van der Waals surface area contributed by atoms with Crippen LogP contribution in [0.3, 0.4) is 0 Å². The van der Waals surface area contributed by atoms with Gasteiger partial charge in [0, 0.05) is 28.8 Å². The largest absolute Gasteiger partial charge is 0.508 e. The summed E-state index contributed by atoms with van der Waals surface area (Å²) in [6.07, 6.45) is 1.70. The van der Waals surface area contributed by atoms with Crippen LogP contribution in [0.4, 0.5) is 0 Å². The number of hydrogen-bond donors (Lipinski definition) is 2. The van der Waals surface area contributed by atoms with Crippen LogP contribution in [-0.2, 0) is 17.1 Å². The van der Waals surface area contributed by atoms with Crippen molar-refractivity contribution in [2.75, 3.05) is 0 Å². The maximum absolute atomic E-state index is 9.01. The first-order chi connectivity index (χ1) is 5.86. The van der Waals surface area contributed by atoms with Crippen LogP contribution >= 0.6 is 0 Å². The second-order valence-corrected chi connectivity index (χ2v) is 2.41. The fraction of sp³-hybridized carbons (Fsp3) is 0. The Bertz CT molecular complexity index is 357. The number of aromatic nitrogens is 3. The second-order valence-electron chi connectivity index (χ2n) is 2.41. The molecule has 0 saturated carbocycles. The molecule has 4 nitrogen and oxygen atoms in total. The van der Waals surface area contributed by atoms with E-state index in [1.165, 1.54) is 0 Å². The van der Waals surface area contributed by atoms with E-state index in [0.717, 1.165) is 11.3 Å². The fourth-order valence-corrected chi connectivity index (χ4v) is 0.975. The molecule has 13 heavy (non-hydrogen) atoms. The summed E-state index contributed by atoms with van der Waals surface area (Å²) in [5.74, 6) is 0.252. The van der Waals surface area contributed by atoms with Crippen LogP contribution in [0, 0.1) is 0 Å². The molecule has 0 saturated heterocycles. The van der Waals surface area contributed by atoms with Gasteiger partial charge in [-0.25, -0.2) is 0 Å². The summed E-state index contributed by atoms with van der Waals surface area (Å²) in [7, 11) is 0. The van der Waals surface area contributed by atoms with Crippen LogP contribution in [0.25, 0.3) is 11.3 Å². The molecule has 71 valence electrons. The summed E-state index contributed by atoms with van der Waals surface area (Å²) >= 11 is 0. The van der Waals surface area contributed by atoms with Gasteiger partial charge in [0.1, 0.15) is 11.4 Å². The van der Waals surface area contributed by atoms with E-state index in [2.05, 4.69) is 15.4 Å². The van der Waals surface area contributed by atoms with Crippen molar-refractivity contribution in [3.63, 3.8) is 0 Å². The van der Waals surface area contributed by atoms with Gasteiger partial charge in [0.15, 0.2) is 0 Å². The number of hydrogen-bond acceptors (Lipinski definition) is 3. The maximum Gasteiger partial charge on any atom is 0.115 e. The van der Waals surface area contributed by atoms with Crippen LogP contribution in [0.1, 0.15) is 0 Å². The summed E-state index contributed by atoms with van der Waals surface area (Å²) < 4.78 is 0. The average Bonchev–Trinajstić information content (AvgIpc) is 2.58. The number of benzene rings is 1. The first-order valence-corrected chi connectivity index (χ1v) is 3.52. The summed E-state index contributed by atoms with van der Waals surface area (Å²) in [6.45, 7) is 0. The Kier molecular flexibility index (Phi) is 3.06. The van der Waals surface area contributed by atoms with Crippen LogP contribution in [0.5, 0.6) is 5.75 Å². The van der Waals surface area contributed by atoms with E-state index in [1.54, 1.807) is 30.5 Å². The van der Waals surface area contributed by atoms with Crippen molar-refractivity contribution in [2.45, 2.75) is 0 Å². The van der Waals surface area contributed by atoms with Crippen LogP contribution < -0.4 is 0 Å². The minimum Gasteiger partial charge on any atom is -0.508 e. The smallest absolute Gasteiger partial charge is 0.115 e. The van der Waals surface area contributed by atoms with E-state index < -0.39 is 0 Å². The summed E-state index contributed by atoms with van der Waals surface area (Å²) in [5, 5.41) is 19.0. The topological polar surface area (TPSA) is 61.8 Å². The number of rotatable bonds is 1. The average molecular weight is 225 g/mol. The molecule has 0 aliphatic heterocycles. The molecule has 0 bridgehead atoms. The van der Waals surface area contributed by atoms with E-state index in [9.17, 15) is 0 Å². The van der Waals surface area contributed by atoms with E-state index in [-0.39, 0.29) is 22.8 Å². The van der Waals surface area contributed by atoms with Crippen molar-refractivity contribution in [1.82, 2.24) is 15.4 Å². The molecule has 0 unspecified atom stereocenters. The number of phenols is 1. The molecule has 1 aromatic carbocycles. The van der Waals surface area contributed by atoms with Crippen molar-refractivity contribution in [1.29, 1.82) is 0 Å². The zero-order valence-electron chi connectivity index (χ0n) is 6.53. The van der Waals surface area contributed by atoms with Gasteiger partial charge in [0.2, 0.25) is 0 Å². The van der Waals surface area contributed by atoms with Gasteiger partial charge in [-0.2, -0.15) is 0 Å². The van der Waals surface area contributed by atoms with Crippen LogP contribution in [0.2, 0.25) is 0 Å². The first kappa shape index (κ1) is 9.77.